The van der Waals surface area contributed by atoms with Crippen molar-refractivity contribution in [3.8, 4) is 0 Å². The lowest BCUT2D eigenvalue weighted by Crippen LogP contribution is -2.30. The van der Waals surface area contributed by atoms with Crippen LogP contribution in [0.4, 0.5) is 5.82 Å². The predicted molar refractivity (Wildman–Crippen MR) is 72.7 cm³/mol. The highest BCUT2D eigenvalue weighted by atomic mass is 16.4. The minimum absolute atomic E-state index is 0.00266. The van der Waals surface area contributed by atoms with Gasteiger partial charge in [0.25, 0.3) is 0 Å². The van der Waals surface area contributed by atoms with Gasteiger partial charge in [-0.15, -0.1) is 0 Å². The number of aromatic carboxylic acids is 1. The average molecular weight is 289 g/mol. The summed E-state index contributed by atoms with van der Waals surface area (Å²) in [6, 6.07) is 3.16. The first-order valence-corrected chi connectivity index (χ1v) is 6.85. The van der Waals surface area contributed by atoms with Crippen molar-refractivity contribution in [2.24, 2.45) is 5.92 Å². The molecule has 1 aliphatic heterocycles. The SMILES string of the molecule is O=C(O)c1cccnc1NC(=O)C1CC(=O)N(C2CC2)C1. The molecule has 2 amide bonds. The van der Waals surface area contributed by atoms with Gasteiger partial charge in [-0.25, -0.2) is 9.78 Å². The van der Waals surface area contributed by atoms with Crippen LogP contribution in [0.2, 0.25) is 0 Å². The molecule has 7 heteroatoms. The van der Waals surface area contributed by atoms with Crippen molar-refractivity contribution in [3.63, 3.8) is 0 Å². The summed E-state index contributed by atoms with van der Waals surface area (Å²) in [5, 5.41) is 11.6. The zero-order valence-electron chi connectivity index (χ0n) is 11.3. The van der Waals surface area contributed by atoms with E-state index in [4.69, 9.17) is 5.11 Å². The summed E-state index contributed by atoms with van der Waals surface area (Å²) < 4.78 is 0. The molecule has 2 heterocycles. The Morgan fingerprint density at radius 1 is 1.38 bits per heavy atom. The molecule has 110 valence electrons. The summed E-state index contributed by atoms with van der Waals surface area (Å²) in [6.07, 6.45) is 3.60. The number of carboxylic acids is 1. The molecular weight excluding hydrogens is 274 g/mol. The van der Waals surface area contributed by atoms with Crippen LogP contribution in [0.25, 0.3) is 0 Å². The van der Waals surface area contributed by atoms with Crippen molar-refractivity contribution in [2.45, 2.75) is 25.3 Å². The van der Waals surface area contributed by atoms with Crippen molar-refractivity contribution < 1.29 is 19.5 Å². The van der Waals surface area contributed by atoms with Crippen molar-refractivity contribution >= 4 is 23.6 Å². The van der Waals surface area contributed by atoms with E-state index in [1.54, 1.807) is 4.90 Å². The van der Waals surface area contributed by atoms with Crippen molar-refractivity contribution in [1.82, 2.24) is 9.88 Å². The van der Waals surface area contributed by atoms with Crippen LogP contribution in [0.15, 0.2) is 18.3 Å². The van der Waals surface area contributed by atoms with Gasteiger partial charge in [-0.05, 0) is 25.0 Å². The number of pyridine rings is 1. The quantitative estimate of drug-likeness (QED) is 0.851. The highest BCUT2D eigenvalue weighted by Crippen LogP contribution is 2.32. The van der Waals surface area contributed by atoms with Crippen LogP contribution in [0.5, 0.6) is 0 Å². The van der Waals surface area contributed by atoms with Gasteiger partial charge in [0.15, 0.2) is 0 Å². The monoisotopic (exact) mass is 289 g/mol. The molecule has 1 aliphatic carbocycles. The molecule has 0 spiro atoms. The van der Waals surface area contributed by atoms with E-state index in [2.05, 4.69) is 10.3 Å². The normalized spacial score (nSPS) is 21.4. The maximum atomic E-state index is 12.2. The molecule has 1 saturated carbocycles. The summed E-state index contributed by atoms with van der Waals surface area (Å²) in [6.45, 7) is 0.407. The molecule has 0 aromatic carbocycles. The Bertz CT molecular complexity index is 612. The van der Waals surface area contributed by atoms with E-state index in [0.29, 0.717) is 12.6 Å². The second-order valence-corrected chi connectivity index (χ2v) is 5.37. The Kier molecular flexibility index (Phi) is 3.32. The predicted octanol–water partition coefficient (Wildman–Crippen LogP) is 0.729. The first-order chi connectivity index (χ1) is 10.1. The molecule has 1 saturated heterocycles. The van der Waals surface area contributed by atoms with E-state index in [9.17, 15) is 14.4 Å². The molecule has 2 aliphatic rings. The van der Waals surface area contributed by atoms with E-state index in [0.717, 1.165) is 12.8 Å². The third-order valence-electron chi connectivity index (χ3n) is 3.80. The number of likely N-dealkylation sites (tertiary alicyclic amines) is 1. The lowest BCUT2D eigenvalue weighted by atomic mass is 10.1. The van der Waals surface area contributed by atoms with Gasteiger partial charge in [0, 0.05) is 25.2 Å². The Morgan fingerprint density at radius 2 is 2.14 bits per heavy atom. The number of anilines is 1. The van der Waals surface area contributed by atoms with Gasteiger partial charge < -0.3 is 15.3 Å². The van der Waals surface area contributed by atoms with Gasteiger partial charge in [0.1, 0.15) is 11.4 Å². The zero-order valence-corrected chi connectivity index (χ0v) is 11.3. The molecule has 0 radical (unpaired) electrons. The smallest absolute Gasteiger partial charge is 0.339 e. The Balaban J connectivity index is 1.70. The number of hydrogen-bond donors (Lipinski definition) is 2. The van der Waals surface area contributed by atoms with Gasteiger partial charge in [0.2, 0.25) is 11.8 Å². The number of carbonyl (C=O) groups excluding carboxylic acids is 2. The van der Waals surface area contributed by atoms with Gasteiger partial charge in [-0.1, -0.05) is 0 Å². The van der Waals surface area contributed by atoms with Crippen molar-refractivity contribution in [1.29, 1.82) is 0 Å². The second kappa shape index (κ2) is 5.16. The van der Waals surface area contributed by atoms with Crippen LogP contribution in [0.1, 0.15) is 29.6 Å². The number of carboxylic acid groups (broad SMARTS) is 1. The lowest BCUT2D eigenvalue weighted by molar-refractivity contribution is -0.128. The van der Waals surface area contributed by atoms with E-state index < -0.39 is 11.9 Å². The third kappa shape index (κ3) is 2.72. The summed E-state index contributed by atoms with van der Waals surface area (Å²) in [4.78, 5) is 40.7. The standard InChI is InChI=1S/C14H15N3O4/c18-11-6-8(7-17(11)9-3-4-9)13(19)16-12-10(14(20)21)2-1-5-15-12/h1-2,5,8-9H,3-4,6-7H2,(H,20,21)(H,15,16,19). The number of amides is 2. The molecule has 0 bridgehead atoms. The van der Waals surface area contributed by atoms with E-state index in [-0.39, 0.29) is 29.6 Å². The fraction of sp³-hybridized carbons (Fsp3) is 0.429. The minimum Gasteiger partial charge on any atom is -0.478 e. The molecule has 3 rings (SSSR count). The highest BCUT2D eigenvalue weighted by molar-refractivity contribution is 6.01. The van der Waals surface area contributed by atoms with E-state index in [1.807, 2.05) is 0 Å². The van der Waals surface area contributed by atoms with Crippen LogP contribution in [-0.2, 0) is 9.59 Å². The highest BCUT2D eigenvalue weighted by Gasteiger charge is 2.41. The molecule has 1 aromatic rings. The Morgan fingerprint density at radius 3 is 2.81 bits per heavy atom. The van der Waals surface area contributed by atoms with Crippen molar-refractivity contribution in [3.05, 3.63) is 23.9 Å². The summed E-state index contributed by atoms with van der Waals surface area (Å²) in [5.41, 5.74) is -0.0609. The number of nitrogens with zero attached hydrogens (tertiary/aromatic N) is 2. The summed E-state index contributed by atoms with van der Waals surface area (Å²) in [5.74, 6) is -1.93. The third-order valence-corrected chi connectivity index (χ3v) is 3.80. The number of aromatic nitrogens is 1. The number of hydrogen-bond acceptors (Lipinski definition) is 4. The molecule has 2 fully saturated rings. The number of carbonyl (C=O) groups is 3. The zero-order chi connectivity index (χ0) is 15.0. The maximum Gasteiger partial charge on any atom is 0.339 e. The van der Waals surface area contributed by atoms with Crippen LogP contribution < -0.4 is 5.32 Å². The molecule has 1 aromatic heterocycles. The molecule has 1 unspecified atom stereocenters. The average Bonchev–Trinajstić information content (AvgIpc) is 3.22. The Labute approximate surface area is 121 Å². The molecule has 2 N–H and O–H groups in total. The lowest BCUT2D eigenvalue weighted by Gasteiger charge is -2.15. The number of nitrogens with one attached hydrogen (secondary N) is 1. The maximum absolute atomic E-state index is 12.2. The first kappa shape index (κ1) is 13.5. The summed E-state index contributed by atoms with van der Waals surface area (Å²) >= 11 is 0. The molecule has 7 nitrogen and oxygen atoms in total. The van der Waals surface area contributed by atoms with Gasteiger partial charge >= 0.3 is 5.97 Å². The molecular formula is C14H15N3O4. The van der Waals surface area contributed by atoms with Crippen LogP contribution in [0.3, 0.4) is 0 Å². The fourth-order valence-corrected chi connectivity index (χ4v) is 2.54. The van der Waals surface area contributed by atoms with Crippen LogP contribution in [-0.4, -0.2) is 45.4 Å². The molecule has 21 heavy (non-hydrogen) atoms. The Hall–Kier alpha value is -2.44. The topological polar surface area (TPSA) is 99.6 Å². The van der Waals surface area contributed by atoms with Crippen LogP contribution >= 0.6 is 0 Å². The van der Waals surface area contributed by atoms with Crippen LogP contribution in [0, 0.1) is 5.92 Å². The largest absolute Gasteiger partial charge is 0.478 e. The van der Waals surface area contributed by atoms with Gasteiger partial charge in [-0.3, -0.25) is 9.59 Å². The number of rotatable bonds is 4. The van der Waals surface area contributed by atoms with Gasteiger partial charge in [-0.2, -0.15) is 0 Å². The van der Waals surface area contributed by atoms with Gasteiger partial charge in [0.05, 0.1) is 5.92 Å². The minimum atomic E-state index is -1.15. The van der Waals surface area contributed by atoms with E-state index >= 15 is 0 Å². The van der Waals surface area contributed by atoms with E-state index in [1.165, 1.54) is 18.3 Å². The fourth-order valence-electron chi connectivity index (χ4n) is 2.54. The first-order valence-electron chi connectivity index (χ1n) is 6.85. The second-order valence-electron chi connectivity index (χ2n) is 5.37. The van der Waals surface area contributed by atoms with Crippen molar-refractivity contribution in [2.75, 3.05) is 11.9 Å². The summed E-state index contributed by atoms with van der Waals surface area (Å²) in [7, 11) is 0. The molecule has 1 atom stereocenters.